The van der Waals surface area contributed by atoms with Crippen LogP contribution in [0.15, 0.2) is 90.3 Å². The minimum Gasteiger partial charge on any atom is -0.281 e. The Morgan fingerprint density at radius 1 is 0.833 bits per heavy atom. The number of hydrogen-bond acceptors (Lipinski definition) is 2. The third-order valence-corrected chi connectivity index (χ3v) is 3.82. The molecule has 0 unspecified atom stereocenters. The first kappa shape index (κ1) is 14.3. The van der Waals surface area contributed by atoms with E-state index in [-0.39, 0.29) is 11.6 Å². The van der Waals surface area contributed by atoms with Crippen LogP contribution in [-0.4, -0.2) is 15.1 Å². The molecule has 0 spiro atoms. The van der Waals surface area contributed by atoms with E-state index in [4.69, 9.17) is 0 Å². The second-order valence-corrected chi connectivity index (χ2v) is 5.39. The molecule has 0 amide bonds. The van der Waals surface area contributed by atoms with Gasteiger partial charge in [0.2, 0.25) is 0 Å². The maximum Gasteiger partial charge on any atom is 0.175 e. The Hall–Kier alpha value is -3.27. The minimum atomic E-state index is -0.384. The lowest BCUT2D eigenvalue weighted by Crippen LogP contribution is -2.04. The van der Waals surface area contributed by atoms with E-state index in [1.54, 1.807) is 23.0 Å². The zero-order valence-corrected chi connectivity index (χ0v) is 12.8. The summed E-state index contributed by atoms with van der Waals surface area (Å²) in [5, 5.41) is 0. The summed E-state index contributed by atoms with van der Waals surface area (Å²) in [6, 6.07) is 22.7. The molecule has 116 valence electrons. The molecule has 2 aromatic carbocycles. The SMILES string of the molecule is Fc1ccc2cncn2c1N=C(c1ccccc1)c1ccccc1. The van der Waals surface area contributed by atoms with Crippen molar-refractivity contribution in [2.75, 3.05) is 0 Å². The van der Waals surface area contributed by atoms with Crippen LogP contribution in [0, 0.1) is 5.82 Å². The quantitative estimate of drug-likeness (QED) is 0.506. The second-order valence-electron chi connectivity index (χ2n) is 5.39. The molecule has 0 aliphatic heterocycles. The number of aliphatic imine (C=N–C) groups is 1. The van der Waals surface area contributed by atoms with Gasteiger partial charge in [-0.3, -0.25) is 4.40 Å². The number of imidazole rings is 1. The molecule has 0 aliphatic rings. The topological polar surface area (TPSA) is 29.7 Å². The van der Waals surface area contributed by atoms with Gasteiger partial charge in [0, 0.05) is 11.1 Å². The van der Waals surface area contributed by atoms with Crippen LogP contribution in [0.25, 0.3) is 5.52 Å². The van der Waals surface area contributed by atoms with Gasteiger partial charge >= 0.3 is 0 Å². The van der Waals surface area contributed by atoms with Crippen molar-refractivity contribution in [2.24, 2.45) is 4.99 Å². The predicted octanol–water partition coefficient (Wildman–Crippen LogP) is 4.64. The predicted molar refractivity (Wildman–Crippen MR) is 93.3 cm³/mol. The standard InChI is InChI=1S/C20H14FN3/c21-18-12-11-17-13-22-14-24(17)20(18)23-19(15-7-3-1-4-8-15)16-9-5-2-6-10-16/h1-14H. The third-order valence-electron chi connectivity index (χ3n) is 3.82. The van der Waals surface area contributed by atoms with Crippen LogP contribution in [0.4, 0.5) is 10.2 Å². The van der Waals surface area contributed by atoms with Crippen LogP contribution in [0.2, 0.25) is 0 Å². The number of benzene rings is 2. The summed E-state index contributed by atoms with van der Waals surface area (Å²) in [6.07, 6.45) is 3.26. The molecule has 0 saturated heterocycles. The normalized spacial score (nSPS) is 10.7. The van der Waals surface area contributed by atoms with E-state index in [1.165, 1.54) is 6.07 Å². The van der Waals surface area contributed by atoms with Crippen LogP contribution < -0.4 is 0 Å². The molecule has 0 bridgehead atoms. The molecule has 4 aromatic rings. The molecule has 2 aromatic heterocycles. The van der Waals surface area contributed by atoms with Gasteiger partial charge in [-0.05, 0) is 12.1 Å². The maximum atomic E-state index is 14.4. The summed E-state index contributed by atoms with van der Waals surface area (Å²) in [4.78, 5) is 8.75. The van der Waals surface area contributed by atoms with E-state index in [9.17, 15) is 4.39 Å². The summed E-state index contributed by atoms with van der Waals surface area (Å²) < 4.78 is 16.1. The van der Waals surface area contributed by atoms with Crippen LogP contribution in [0.3, 0.4) is 0 Å². The molecule has 24 heavy (non-hydrogen) atoms. The number of hydrogen-bond donors (Lipinski definition) is 0. The Morgan fingerprint density at radius 2 is 1.46 bits per heavy atom. The minimum absolute atomic E-state index is 0.243. The Kier molecular flexibility index (Phi) is 3.63. The largest absolute Gasteiger partial charge is 0.281 e. The first-order chi connectivity index (χ1) is 11.8. The van der Waals surface area contributed by atoms with Gasteiger partial charge in [0.15, 0.2) is 11.6 Å². The highest BCUT2D eigenvalue weighted by molar-refractivity contribution is 6.13. The zero-order valence-electron chi connectivity index (χ0n) is 12.8. The van der Waals surface area contributed by atoms with Crippen molar-refractivity contribution in [1.82, 2.24) is 9.38 Å². The summed E-state index contributed by atoms with van der Waals surface area (Å²) in [5.74, 6) is -0.141. The van der Waals surface area contributed by atoms with Crippen LogP contribution in [0.1, 0.15) is 11.1 Å². The van der Waals surface area contributed by atoms with Crippen molar-refractivity contribution in [2.45, 2.75) is 0 Å². The van der Waals surface area contributed by atoms with Gasteiger partial charge in [-0.25, -0.2) is 14.4 Å². The van der Waals surface area contributed by atoms with E-state index in [0.29, 0.717) is 0 Å². The van der Waals surface area contributed by atoms with E-state index in [0.717, 1.165) is 22.4 Å². The molecule has 4 heteroatoms. The molecular formula is C20H14FN3. The Bertz CT molecular complexity index is 963. The summed E-state index contributed by atoms with van der Waals surface area (Å²) in [5.41, 5.74) is 3.38. The van der Waals surface area contributed by atoms with Gasteiger partial charge in [0.1, 0.15) is 6.33 Å². The lowest BCUT2D eigenvalue weighted by Gasteiger charge is -2.09. The second kappa shape index (κ2) is 6.08. The molecule has 0 saturated carbocycles. The number of fused-ring (bicyclic) bond motifs is 1. The van der Waals surface area contributed by atoms with Gasteiger partial charge in [-0.15, -0.1) is 0 Å². The first-order valence-corrected chi connectivity index (χ1v) is 7.63. The van der Waals surface area contributed by atoms with Crippen LogP contribution >= 0.6 is 0 Å². The van der Waals surface area contributed by atoms with Gasteiger partial charge in [-0.1, -0.05) is 60.7 Å². The lowest BCUT2D eigenvalue weighted by atomic mass is 10.0. The fourth-order valence-corrected chi connectivity index (χ4v) is 2.65. The number of nitrogens with zero attached hydrogens (tertiary/aromatic N) is 3. The average Bonchev–Trinajstić information content (AvgIpc) is 3.11. The molecule has 0 N–H and O–H groups in total. The zero-order chi connectivity index (χ0) is 16.4. The van der Waals surface area contributed by atoms with Gasteiger partial charge in [0.25, 0.3) is 0 Å². The van der Waals surface area contributed by atoms with E-state index < -0.39 is 0 Å². The van der Waals surface area contributed by atoms with Crippen molar-refractivity contribution < 1.29 is 4.39 Å². The molecule has 0 atom stereocenters. The van der Waals surface area contributed by atoms with Crippen molar-refractivity contribution in [3.8, 4) is 0 Å². The maximum absolute atomic E-state index is 14.4. The molecule has 3 nitrogen and oxygen atoms in total. The van der Waals surface area contributed by atoms with E-state index in [2.05, 4.69) is 9.98 Å². The molecule has 4 rings (SSSR count). The number of aromatic nitrogens is 2. The molecule has 2 heterocycles. The van der Waals surface area contributed by atoms with Crippen LogP contribution in [0.5, 0.6) is 0 Å². The lowest BCUT2D eigenvalue weighted by molar-refractivity contribution is 0.622. The highest BCUT2D eigenvalue weighted by Crippen LogP contribution is 2.23. The Balaban J connectivity index is 1.98. The monoisotopic (exact) mass is 315 g/mol. The molecule has 0 fully saturated rings. The fraction of sp³-hybridized carbons (Fsp3) is 0. The number of pyridine rings is 1. The fourth-order valence-electron chi connectivity index (χ4n) is 2.65. The van der Waals surface area contributed by atoms with Gasteiger partial charge in [0.05, 0.1) is 17.4 Å². The van der Waals surface area contributed by atoms with E-state index in [1.807, 2.05) is 60.7 Å². The summed E-state index contributed by atoms with van der Waals surface area (Å²) in [6.45, 7) is 0. The van der Waals surface area contributed by atoms with Gasteiger partial charge in [-0.2, -0.15) is 0 Å². The first-order valence-electron chi connectivity index (χ1n) is 7.63. The number of halogens is 1. The van der Waals surface area contributed by atoms with Crippen molar-refractivity contribution >= 4 is 17.0 Å². The Morgan fingerprint density at radius 3 is 2.08 bits per heavy atom. The highest BCUT2D eigenvalue weighted by Gasteiger charge is 2.11. The molecule has 0 radical (unpaired) electrons. The van der Waals surface area contributed by atoms with Crippen molar-refractivity contribution in [1.29, 1.82) is 0 Å². The third kappa shape index (κ3) is 2.58. The molecular weight excluding hydrogens is 301 g/mol. The Labute approximate surface area is 138 Å². The summed E-state index contributed by atoms with van der Waals surface area (Å²) in [7, 11) is 0. The van der Waals surface area contributed by atoms with Crippen molar-refractivity contribution in [3.05, 3.63) is 102 Å². The number of rotatable bonds is 3. The van der Waals surface area contributed by atoms with Crippen molar-refractivity contribution in [3.63, 3.8) is 0 Å². The summed E-state index contributed by atoms with van der Waals surface area (Å²) >= 11 is 0. The van der Waals surface area contributed by atoms with E-state index >= 15 is 0 Å². The highest BCUT2D eigenvalue weighted by atomic mass is 19.1. The molecule has 0 aliphatic carbocycles. The smallest absolute Gasteiger partial charge is 0.175 e. The van der Waals surface area contributed by atoms with Gasteiger partial charge < -0.3 is 0 Å². The average molecular weight is 315 g/mol. The van der Waals surface area contributed by atoms with Crippen LogP contribution in [-0.2, 0) is 0 Å².